The summed E-state index contributed by atoms with van der Waals surface area (Å²) in [5, 5.41) is 0. The number of benzene rings is 2. The maximum Gasteiger partial charge on any atom is 0.119 e. The first kappa shape index (κ1) is 20.9. The molecule has 29 heavy (non-hydrogen) atoms. The van der Waals surface area contributed by atoms with Crippen LogP contribution in [0.5, 0.6) is 5.75 Å². The smallest absolute Gasteiger partial charge is 0.119 e. The Kier molecular flexibility index (Phi) is 8.53. The molecular formula is C27H31NO. The van der Waals surface area contributed by atoms with Gasteiger partial charge >= 0.3 is 0 Å². The summed E-state index contributed by atoms with van der Waals surface area (Å²) in [6.07, 6.45) is 15.6. The van der Waals surface area contributed by atoms with Gasteiger partial charge < -0.3 is 4.74 Å². The summed E-state index contributed by atoms with van der Waals surface area (Å²) in [5.74, 6) is 0.958. The molecule has 0 bridgehead atoms. The number of hydrogen-bond acceptors (Lipinski definition) is 2. The van der Waals surface area contributed by atoms with E-state index in [2.05, 4.69) is 72.6 Å². The molecule has 150 valence electrons. The molecule has 0 aliphatic carbocycles. The highest BCUT2D eigenvalue weighted by molar-refractivity contribution is 5.72. The van der Waals surface area contributed by atoms with Gasteiger partial charge in [-0.2, -0.15) is 0 Å². The average molecular weight is 386 g/mol. The summed E-state index contributed by atoms with van der Waals surface area (Å²) >= 11 is 0. The Morgan fingerprint density at radius 3 is 1.86 bits per heavy atom. The first-order valence-corrected chi connectivity index (χ1v) is 10.8. The third-order valence-electron chi connectivity index (χ3n) is 5.04. The Morgan fingerprint density at radius 1 is 0.655 bits per heavy atom. The molecule has 1 heterocycles. The Hall–Kier alpha value is -2.87. The van der Waals surface area contributed by atoms with Crippen molar-refractivity contribution in [2.75, 3.05) is 6.61 Å². The fraction of sp³-hybridized carbons (Fsp3) is 0.296. The van der Waals surface area contributed by atoms with Gasteiger partial charge in [-0.25, -0.2) is 0 Å². The second-order valence-electron chi connectivity index (χ2n) is 7.38. The first-order valence-electron chi connectivity index (χ1n) is 10.8. The lowest BCUT2D eigenvalue weighted by Crippen LogP contribution is -1.97. The van der Waals surface area contributed by atoms with Crippen LogP contribution in [0.3, 0.4) is 0 Å². The van der Waals surface area contributed by atoms with Crippen molar-refractivity contribution in [3.05, 3.63) is 84.2 Å². The van der Waals surface area contributed by atoms with Crippen LogP contribution in [0.25, 0.3) is 23.3 Å². The molecule has 2 heteroatoms. The zero-order valence-corrected chi connectivity index (χ0v) is 17.4. The molecule has 0 saturated heterocycles. The van der Waals surface area contributed by atoms with E-state index in [1.54, 1.807) is 0 Å². The van der Waals surface area contributed by atoms with E-state index in [4.69, 9.17) is 4.74 Å². The molecule has 0 unspecified atom stereocenters. The minimum atomic E-state index is 0.810. The van der Waals surface area contributed by atoms with Crippen molar-refractivity contribution in [2.45, 2.75) is 45.4 Å². The summed E-state index contributed by atoms with van der Waals surface area (Å²) in [6.45, 7) is 3.06. The summed E-state index contributed by atoms with van der Waals surface area (Å²) < 4.78 is 5.88. The lowest BCUT2D eigenvalue weighted by Gasteiger charge is -2.08. The van der Waals surface area contributed by atoms with E-state index in [1.165, 1.54) is 48.8 Å². The third-order valence-corrected chi connectivity index (χ3v) is 5.04. The van der Waals surface area contributed by atoms with Gasteiger partial charge in [-0.05, 0) is 52.9 Å². The van der Waals surface area contributed by atoms with Crippen LogP contribution in [0.1, 0.15) is 56.6 Å². The highest BCUT2D eigenvalue weighted by Gasteiger charge is 2.00. The second kappa shape index (κ2) is 11.9. The van der Waals surface area contributed by atoms with Gasteiger partial charge in [0.05, 0.1) is 6.61 Å². The van der Waals surface area contributed by atoms with Gasteiger partial charge in [-0.1, -0.05) is 87.6 Å². The number of aromatic nitrogens is 1. The van der Waals surface area contributed by atoms with Crippen molar-refractivity contribution >= 4 is 12.2 Å². The molecular weight excluding hydrogens is 354 g/mol. The van der Waals surface area contributed by atoms with E-state index < -0.39 is 0 Å². The Labute approximate surface area is 175 Å². The average Bonchev–Trinajstić information content (AvgIpc) is 2.79. The summed E-state index contributed by atoms with van der Waals surface area (Å²) in [5.41, 5.74) is 4.76. The number of unbranched alkanes of at least 4 members (excludes halogenated alkanes) is 5. The number of hydrogen-bond donors (Lipinski definition) is 0. The molecule has 1 aromatic heterocycles. The molecule has 0 saturated carbocycles. The Balaban J connectivity index is 1.47. The number of nitrogens with zero attached hydrogens (tertiary/aromatic N) is 1. The largest absolute Gasteiger partial charge is 0.494 e. The SMILES string of the molecule is CCCCCCCCOc1ccc(-c2ccc(/C=C/c3ccncc3)cc2)cc1. The quantitative estimate of drug-likeness (QED) is 0.316. The van der Waals surface area contributed by atoms with Crippen LogP contribution in [0.15, 0.2) is 73.1 Å². The zero-order chi connectivity index (χ0) is 20.2. The van der Waals surface area contributed by atoms with Crippen molar-refractivity contribution in [2.24, 2.45) is 0 Å². The predicted molar refractivity (Wildman–Crippen MR) is 124 cm³/mol. The lowest BCUT2D eigenvalue weighted by molar-refractivity contribution is 0.304. The van der Waals surface area contributed by atoms with Crippen molar-refractivity contribution in [3.8, 4) is 16.9 Å². The molecule has 0 aliphatic heterocycles. The molecule has 3 aromatic rings. The van der Waals surface area contributed by atoms with Crippen LogP contribution in [-0.2, 0) is 0 Å². The maximum absolute atomic E-state index is 5.88. The van der Waals surface area contributed by atoms with Crippen molar-refractivity contribution in [1.29, 1.82) is 0 Å². The molecule has 2 aromatic carbocycles. The highest BCUT2D eigenvalue weighted by Crippen LogP contribution is 2.23. The third kappa shape index (κ3) is 7.23. The van der Waals surface area contributed by atoms with Crippen LogP contribution >= 0.6 is 0 Å². The summed E-state index contributed by atoms with van der Waals surface area (Å²) in [7, 11) is 0. The van der Waals surface area contributed by atoms with Crippen LogP contribution in [-0.4, -0.2) is 11.6 Å². The fourth-order valence-electron chi connectivity index (χ4n) is 3.27. The first-order chi connectivity index (χ1) is 14.3. The molecule has 0 atom stereocenters. The number of ether oxygens (including phenoxy) is 1. The van der Waals surface area contributed by atoms with E-state index in [0.29, 0.717) is 0 Å². The van der Waals surface area contributed by atoms with Gasteiger partial charge in [0.1, 0.15) is 5.75 Å². The van der Waals surface area contributed by atoms with E-state index in [0.717, 1.165) is 24.3 Å². The Morgan fingerprint density at radius 2 is 1.21 bits per heavy atom. The van der Waals surface area contributed by atoms with E-state index in [9.17, 15) is 0 Å². The number of pyridine rings is 1. The van der Waals surface area contributed by atoms with Crippen LogP contribution in [0, 0.1) is 0 Å². The molecule has 0 N–H and O–H groups in total. The normalized spacial score (nSPS) is 11.1. The van der Waals surface area contributed by atoms with Crippen LogP contribution < -0.4 is 4.74 Å². The molecule has 3 rings (SSSR count). The number of rotatable bonds is 11. The maximum atomic E-state index is 5.88. The molecule has 0 aliphatic rings. The molecule has 2 nitrogen and oxygen atoms in total. The van der Waals surface area contributed by atoms with Crippen molar-refractivity contribution in [3.63, 3.8) is 0 Å². The minimum absolute atomic E-state index is 0.810. The van der Waals surface area contributed by atoms with Gasteiger partial charge in [0.2, 0.25) is 0 Å². The fourth-order valence-corrected chi connectivity index (χ4v) is 3.27. The molecule has 0 amide bonds. The molecule has 0 spiro atoms. The highest BCUT2D eigenvalue weighted by atomic mass is 16.5. The zero-order valence-electron chi connectivity index (χ0n) is 17.4. The minimum Gasteiger partial charge on any atom is -0.494 e. The van der Waals surface area contributed by atoms with Crippen LogP contribution in [0.2, 0.25) is 0 Å². The van der Waals surface area contributed by atoms with Gasteiger partial charge in [-0.15, -0.1) is 0 Å². The second-order valence-corrected chi connectivity index (χ2v) is 7.38. The standard InChI is InChI=1S/C27H31NO/c1-2-3-4-5-6-7-22-29-27-16-14-26(15-17-27)25-12-10-23(11-13-25)8-9-24-18-20-28-21-19-24/h8-21H,2-7,22H2,1H3/b9-8+. The predicted octanol–water partition coefficient (Wildman–Crippen LogP) is 7.66. The van der Waals surface area contributed by atoms with Gasteiger partial charge in [-0.3, -0.25) is 4.98 Å². The van der Waals surface area contributed by atoms with E-state index >= 15 is 0 Å². The van der Waals surface area contributed by atoms with Crippen LogP contribution in [0.4, 0.5) is 0 Å². The topological polar surface area (TPSA) is 22.1 Å². The lowest BCUT2D eigenvalue weighted by atomic mass is 10.0. The van der Waals surface area contributed by atoms with Crippen molar-refractivity contribution < 1.29 is 4.74 Å². The van der Waals surface area contributed by atoms with Gasteiger partial charge in [0, 0.05) is 12.4 Å². The summed E-state index contributed by atoms with van der Waals surface area (Å²) in [6, 6.07) is 21.1. The van der Waals surface area contributed by atoms with E-state index in [1.807, 2.05) is 24.5 Å². The van der Waals surface area contributed by atoms with Crippen molar-refractivity contribution in [1.82, 2.24) is 4.98 Å². The molecule has 0 radical (unpaired) electrons. The van der Waals surface area contributed by atoms with Gasteiger partial charge in [0.15, 0.2) is 0 Å². The Bertz CT molecular complexity index is 851. The summed E-state index contributed by atoms with van der Waals surface area (Å²) in [4.78, 5) is 4.04. The molecule has 0 fully saturated rings. The van der Waals surface area contributed by atoms with Gasteiger partial charge in [0.25, 0.3) is 0 Å². The monoisotopic (exact) mass is 385 g/mol. The van der Waals surface area contributed by atoms with E-state index in [-0.39, 0.29) is 0 Å².